The lowest BCUT2D eigenvalue weighted by atomic mass is 10.1. The summed E-state index contributed by atoms with van der Waals surface area (Å²) in [5, 5.41) is 14.7. The van der Waals surface area contributed by atoms with Crippen LogP contribution in [-0.2, 0) is 4.79 Å². The molecule has 0 spiro atoms. The van der Waals surface area contributed by atoms with E-state index in [1.165, 1.54) is 13.0 Å². The number of carboxylic acid groups (broad SMARTS) is 1. The normalized spacial score (nSPS) is 16.2. The monoisotopic (exact) mass is 265 g/mol. The number of hydrogen-bond acceptors (Lipinski definition) is 4. The molecule has 1 aromatic rings. The third-order valence-corrected chi connectivity index (χ3v) is 2.89. The number of benzene rings is 1. The molecule has 0 aliphatic carbocycles. The summed E-state index contributed by atoms with van der Waals surface area (Å²) in [5.74, 6) is -0.936. The highest BCUT2D eigenvalue weighted by Crippen LogP contribution is 2.21. The first-order valence-electron chi connectivity index (χ1n) is 6.16. The Bertz CT molecular complexity index is 517. The molecule has 1 aliphatic heterocycles. The van der Waals surface area contributed by atoms with Crippen molar-refractivity contribution < 1.29 is 14.3 Å². The maximum atomic E-state index is 14.0. The number of aliphatic imine (C=N–C) groups is 1. The van der Waals surface area contributed by atoms with E-state index in [1.807, 2.05) is 0 Å². The second-order valence-corrected chi connectivity index (χ2v) is 4.38. The largest absolute Gasteiger partial charge is 0.480 e. The molecule has 1 heterocycles. The summed E-state index contributed by atoms with van der Waals surface area (Å²) in [5.41, 5.74) is 0.735. The van der Waals surface area contributed by atoms with Gasteiger partial charge in [-0.15, -0.1) is 0 Å². The van der Waals surface area contributed by atoms with Crippen molar-refractivity contribution >= 4 is 17.5 Å². The number of amidine groups is 1. The van der Waals surface area contributed by atoms with Crippen molar-refractivity contribution in [3.05, 3.63) is 29.6 Å². The Morgan fingerprint density at radius 1 is 1.58 bits per heavy atom. The fourth-order valence-electron chi connectivity index (χ4n) is 1.88. The van der Waals surface area contributed by atoms with E-state index in [0.29, 0.717) is 23.6 Å². The lowest BCUT2D eigenvalue weighted by molar-refractivity contribution is -0.137. The van der Waals surface area contributed by atoms with E-state index in [2.05, 4.69) is 15.6 Å². The SMILES string of the molecule is CC(Nc1cccc(F)c1C1=NCCCN1)C(=O)O. The van der Waals surface area contributed by atoms with Crippen molar-refractivity contribution in [2.24, 2.45) is 4.99 Å². The molecule has 0 radical (unpaired) electrons. The van der Waals surface area contributed by atoms with Gasteiger partial charge in [0.05, 0.1) is 5.56 Å². The first-order chi connectivity index (χ1) is 9.09. The third kappa shape index (κ3) is 3.01. The van der Waals surface area contributed by atoms with Crippen LogP contribution in [0.15, 0.2) is 23.2 Å². The Morgan fingerprint density at radius 2 is 2.37 bits per heavy atom. The van der Waals surface area contributed by atoms with Crippen molar-refractivity contribution in [1.82, 2.24) is 5.32 Å². The van der Waals surface area contributed by atoms with Gasteiger partial charge >= 0.3 is 5.97 Å². The van der Waals surface area contributed by atoms with Gasteiger partial charge in [0.1, 0.15) is 17.7 Å². The number of carbonyl (C=O) groups is 1. The van der Waals surface area contributed by atoms with Crippen molar-refractivity contribution in [3.63, 3.8) is 0 Å². The molecule has 5 nitrogen and oxygen atoms in total. The van der Waals surface area contributed by atoms with Crippen LogP contribution in [0.3, 0.4) is 0 Å². The fraction of sp³-hybridized carbons (Fsp3) is 0.385. The van der Waals surface area contributed by atoms with E-state index in [9.17, 15) is 9.18 Å². The average Bonchev–Trinajstić information content (AvgIpc) is 2.39. The summed E-state index contributed by atoms with van der Waals surface area (Å²) in [7, 11) is 0. The van der Waals surface area contributed by atoms with Crippen molar-refractivity contribution in [3.8, 4) is 0 Å². The molecule has 102 valence electrons. The third-order valence-electron chi connectivity index (χ3n) is 2.89. The van der Waals surface area contributed by atoms with Gasteiger partial charge in [0, 0.05) is 18.8 Å². The molecule has 0 fully saturated rings. The highest BCUT2D eigenvalue weighted by molar-refractivity contribution is 6.04. The molecule has 1 aromatic carbocycles. The molecule has 3 N–H and O–H groups in total. The highest BCUT2D eigenvalue weighted by atomic mass is 19.1. The standard InChI is InChI=1S/C13H16FN3O2/c1-8(13(18)19)17-10-5-2-4-9(14)11(10)12-15-6-3-7-16-12/h2,4-5,8,17H,3,6-7H2,1H3,(H,15,16)(H,18,19). The number of nitrogens with one attached hydrogen (secondary N) is 2. The molecule has 1 aliphatic rings. The van der Waals surface area contributed by atoms with Crippen molar-refractivity contribution in [2.75, 3.05) is 18.4 Å². The summed E-state index contributed by atoms with van der Waals surface area (Å²) in [6, 6.07) is 3.73. The van der Waals surface area contributed by atoms with E-state index >= 15 is 0 Å². The summed E-state index contributed by atoms with van der Waals surface area (Å²) in [6.07, 6.45) is 0.909. The van der Waals surface area contributed by atoms with Crippen molar-refractivity contribution in [2.45, 2.75) is 19.4 Å². The lowest BCUT2D eigenvalue weighted by Crippen LogP contribution is -2.33. The van der Waals surface area contributed by atoms with Crippen LogP contribution in [0.4, 0.5) is 10.1 Å². The van der Waals surface area contributed by atoms with Gasteiger partial charge in [-0.3, -0.25) is 9.79 Å². The summed E-state index contributed by atoms with van der Waals surface area (Å²) >= 11 is 0. The van der Waals surface area contributed by atoms with Gasteiger partial charge in [0.25, 0.3) is 0 Å². The van der Waals surface area contributed by atoms with Crippen LogP contribution in [0, 0.1) is 5.82 Å². The molecule has 6 heteroatoms. The Labute approximate surface area is 110 Å². The zero-order valence-electron chi connectivity index (χ0n) is 10.6. The van der Waals surface area contributed by atoms with E-state index < -0.39 is 17.8 Å². The van der Waals surface area contributed by atoms with Gasteiger partial charge in [-0.1, -0.05) is 6.07 Å². The Balaban J connectivity index is 2.35. The molecule has 0 saturated heterocycles. The van der Waals surface area contributed by atoms with Crippen LogP contribution in [-0.4, -0.2) is 36.0 Å². The molecule has 1 atom stereocenters. The minimum atomic E-state index is -0.992. The van der Waals surface area contributed by atoms with E-state index in [1.54, 1.807) is 12.1 Å². The smallest absolute Gasteiger partial charge is 0.325 e. The number of anilines is 1. The Kier molecular flexibility index (Phi) is 3.99. The molecule has 2 rings (SSSR count). The first kappa shape index (κ1) is 13.3. The van der Waals surface area contributed by atoms with Crippen LogP contribution >= 0.6 is 0 Å². The number of halogens is 1. The van der Waals surface area contributed by atoms with Crippen LogP contribution in [0.25, 0.3) is 0 Å². The van der Waals surface area contributed by atoms with Crippen LogP contribution in [0.2, 0.25) is 0 Å². The van der Waals surface area contributed by atoms with Gasteiger partial charge in [0.2, 0.25) is 0 Å². The van der Waals surface area contributed by atoms with E-state index in [-0.39, 0.29) is 0 Å². The Morgan fingerprint density at radius 3 is 3.00 bits per heavy atom. The highest BCUT2D eigenvalue weighted by Gasteiger charge is 2.19. The molecule has 0 aromatic heterocycles. The predicted molar refractivity (Wildman–Crippen MR) is 71.1 cm³/mol. The number of hydrogen-bond donors (Lipinski definition) is 3. The van der Waals surface area contributed by atoms with Gasteiger partial charge in [0.15, 0.2) is 0 Å². The van der Waals surface area contributed by atoms with Gasteiger partial charge in [-0.25, -0.2) is 4.39 Å². The minimum Gasteiger partial charge on any atom is -0.480 e. The summed E-state index contributed by atoms with van der Waals surface area (Å²) in [6.45, 7) is 2.89. The van der Waals surface area contributed by atoms with Gasteiger partial charge in [-0.05, 0) is 25.5 Å². The van der Waals surface area contributed by atoms with Crippen molar-refractivity contribution in [1.29, 1.82) is 0 Å². The fourth-order valence-corrected chi connectivity index (χ4v) is 1.88. The predicted octanol–water partition coefficient (Wildman–Crippen LogP) is 1.45. The maximum Gasteiger partial charge on any atom is 0.325 e. The molecule has 0 bridgehead atoms. The summed E-state index contributed by atoms with van der Waals surface area (Å²) in [4.78, 5) is 15.1. The number of nitrogens with zero attached hydrogens (tertiary/aromatic N) is 1. The van der Waals surface area contributed by atoms with Crippen LogP contribution in [0.1, 0.15) is 18.9 Å². The second-order valence-electron chi connectivity index (χ2n) is 4.38. The second kappa shape index (κ2) is 5.69. The maximum absolute atomic E-state index is 14.0. The lowest BCUT2D eigenvalue weighted by Gasteiger charge is -2.20. The molecule has 0 saturated carbocycles. The zero-order valence-corrected chi connectivity index (χ0v) is 10.6. The van der Waals surface area contributed by atoms with Gasteiger partial charge in [-0.2, -0.15) is 0 Å². The average molecular weight is 265 g/mol. The van der Waals surface area contributed by atoms with E-state index in [4.69, 9.17) is 5.11 Å². The number of rotatable bonds is 4. The quantitative estimate of drug-likeness (QED) is 0.770. The Hall–Kier alpha value is -2.11. The zero-order chi connectivity index (χ0) is 13.8. The van der Waals surface area contributed by atoms with Gasteiger partial charge < -0.3 is 15.7 Å². The van der Waals surface area contributed by atoms with Crippen LogP contribution < -0.4 is 10.6 Å². The summed E-state index contributed by atoms with van der Waals surface area (Å²) < 4.78 is 14.0. The van der Waals surface area contributed by atoms with Crippen LogP contribution in [0.5, 0.6) is 0 Å². The molecular formula is C13H16FN3O2. The molecule has 1 unspecified atom stereocenters. The molecular weight excluding hydrogens is 249 g/mol. The minimum absolute atomic E-state index is 0.301. The molecule has 19 heavy (non-hydrogen) atoms. The molecule has 0 amide bonds. The number of aliphatic carboxylic acids is 1. The number of carboxylic acids is 1. The topological polar surface area (TPSA) is 73.7 Å². The first-order valence-corrected chi connectivity index (χ1v) is 6.16. The van der Waals surface area contributed by atoms with E-state index in [0.717, 1.165) is 13.0 Å².